The van der Waals surface area contributed by atoms with Gasteiger partial charge in [0.05, 0.1) is 5.56 Å². The Morgan fingerprint density at radius 2 is 2.24 bits per heavy atom. The van der Waals surface area contributed by atoms with Crippen LogP contribution in [0.3, 0.4) is 0 Å². The predicted octanol–water partition coefficient (Wildman–Crippen LogP) is 2.20. The quantitative estimate of drug-likeness (QED) is 0.752. The highest BCUT2D eigenvalue weighted by molar-refractivity contribution is 6.00. The van der Waals surface area contributed by atoms with Crippen molar-refractivity contribution in [1.82, 2.24) is 4.90 Å². The van der Waals surface area contributed by atoms with Crippen molar-refractivity contribution in [2.45, 2.75) is 32.2 Å². The first-order valence-electron chi connectivity index (χ1n) is 6.33. The third kappa shape index (κ3) is 1.61. The second kappa shape index (κ2) is 3.76. The molecule has 2 atom stereocenters. The first-order chi connectivity index (χ1) is 8.16. The summed E-state index contributed by atoms with van der Waals surface area (Å²) in [5, 5.41) is 0. The van der Waals surface area contributed by atoms with Crippen molar-refractivity contribution in [1.29, 1.82) is 0 Å². The Labute approximate surface area is 102 Å². The molecule has 3 heteroatoms. The highest BCUT2D eigenvalue weighted by Gasteiger charge is 2.40. The maximum Gasteiger partial charge on any atom is 0.256 e. The number of carbonyl (C=O) groups is 1. The zero-order valence-electron chi connectivity index (χ0n) is 10.1. The molecule has 2 unspecified atom stereocenters. The molecule has 0 aromatic heterocycles. The largest absolute Gasteiger partial charge is 0.398 e. The van der Waals surface area contributed by atoms with Crippen LogP contribution in [0.1, 0.15) is 35.2 Å². The van der Waals surface area contributed by atoms with E-state index in [1.165, 1.54) is 19.3 Å². The number of nitrogen functional groups attached to an aromatic ring is 1. The first-order valence-corrected chi connectivity index (χ1v) is 6.33. The van der Waals surface area contributed by atoms with Crippen molar-refractivity contribution < 1.29 is 4.79 Å². The van der Waals surface area contributed by atoms with Crippen molar-refractivity contribution in [3.63, 3.8) is 0 Å². The van der Waals surface area contributed by atoms with E-state index >= 15 is 0 Å². The van der Waals surface area contributed by atoms with E-state index in [0.29, 0.717) is 17.3 Å². The summed E-state index contributed by atoms with van der Waals surface area (Å²) >= 11 is 0. The van der Waals surface area contributed by atoms with Gasteiger partial charge in [-0.15, -0.1) is 0 Å². The van der Waals surface area contributed by atoms with E-state index in [0.717, 1.165) is 18.0 Å². The van der Waals surface area contributed by atoms with E-state index in [4.69, 9.17) is 5.73 Å². The van der Waals surface area contributed by atoms with Crippen LogP contribution in [-0.4, -0.2) is 23.4 Å². The minimum atomic E-state index is 0.132. The second-order valence-electron chi connectivity index (χ2n) is 5.33. The molecule has 1 amide bonds. The van der Waals surface area contributed by atoms with Crippen LogP contribution in [0.5, 0.6) is 0 Å². The average Bonchev–Trinajstić information content (AvgIpc) is 2.90. The molecule has 90 valence electrons. The number of likely N-dealkylation sites (tertiary alicyclic amines) is 1. The molecule has 17 heavy (non-hydrogen) atoms. The molecule has 3 nitrogen and oxygen atoms in total. The molecule has 1 saturated carbocycles. The van der Waals surface area contributed by atoms with Crippen molar-refractivity contribution in [3.8, 4) is 0 Å². The zero-order chi connectivity index (χ0) is 12.0. The van der Waals surface area contributed by atoms with Gasteiger partial charge in [0.1, 0.15) is 0 Å². The Balaban J connectivity index is 1.92. The van der Waals surface area contributed by atoms with Gasteiger partial charge in [-0.3, -0.25) is 4.79 Å². The summed E-state index contributed by atoms with van der Waals surface area (Å²) in [4.78, 5) is 14.6. The molecule has 2 N–H and O–H groups in total. The number of hydrogen-bond donors (Lipinski definition) is 1. The van der Waals surface area contributed by atoms with Crippen LogP contribution < -0.4 is 5.73 Å². The second-order valence-corrected chi connectivity index (χ2v) is 5.33. The van der Waals surface area contributed by atoms with Crippen LogP contribution >= 0.6 is 0 Å². The van der Waals surface area contributed by atoms with Crippen molar-refractivity contribution in [3.05, 3.63) is 29.3 Å². The van der Waals surface area contributed by atoms with Crippen molar-refractivity contribution >= 4 is 11.6 Å². The summed E-state index contributed by atoms with van der Waals surface area (Å²) in [6.07, 6.45) is 3.65. The van der Waals surface area contributed by atoms with E-state index < -0.39 is 0 Å². The van der Waals surface area contributed by atoms with Crippen LogP contribution in [0, 0.1) is 12.8 Å². The van der Waals surface area contributed by atoms with E-state index in [1.54, 1.807) is 0 Å². The molecule has 0 radical (unpaired) electrons. The molecular weight excluding hydrogens is 212 g/mol. The lowest BCUT2D eigenvalue weighted by Gasteiger charge is -2.28. The Morgan fingerprint density at radius 3 is 2.82 bits per heavy atom. The predicted molar refractivity (Wildman–Crippen MR) is 67.8 cm³/mol. The summed E-state index contributed by atoms with van der Waals surface area (Å²) in [5.41, 5.74) is 8.24. The van der Waals surface area contributed by atoms with Gasteiger partial charge in [0.25, 0.3) is 5.91 Å². The van der Waals surface area contributed by atoms with E-state index in [2.05, 4.69) is 0 Å². The smallest absolute Gasteiger partial charge is 0.256 e. The van der Waals surface area contributed by atoms with Crippen LogP contribution in [0.2, 0.25) is 0 Å². The molecule has 1 aliphatic heterocycles. The van der Waals surface area contributed by atoms with Gasteiger partial charge in [-0.2, -0.15) is 0 Å². The Hall–Kier alpha value is -1.51. The molecule has 3 rings (SSSR count). The SMILES string of the molecule is Cc1cccc(N)c1C(=O)N1CC2CCC1C2. The first kappa shape index (κ1) is 10.6. The molecule has 1 heterocycles. The van der Waals surface area contributed by atoms with Crippen molar-refractivity contribution in [2.75, 3.05) is 12.3 Å². The van der Waals surface area contributed by atoms with Gasteiger partial charge in [-0.05, 0) is 43.7 Å². The van der Waals surface area contributed by atoms with Gasteiger partial charge >= 0.3 is 0 Å². The lowest BCUT2D eigenvalue weighted by atomic mass is 10.0. The monoisotopic (exact) mass is 230 g/mol. The number of aryl methyl sites for hydroxylation is 1. The molecule has 2 bridgehead atoms. The minimum Gasteiger partial charge on any atom is -0.398 e. The molecule has 2 fully saturated rings. The van der Waals surface area contributed by atoms with Gasteiger partial charge < -0.3 is 10.6 Å². The number of carbonyl (C=O) groups excluding carboxylic acids is 1. The third-order valence-electron chi connectivity index (χ3n) is 4.19. The van der Waals surface area contributed by atoms with Crippen LogP contribution in [0.25, 0.3) is 0 Å². The summed E-state index contributed by atoms with van der Waals surface area (Å²) < 4.78 is 0. The van der Waals surface area contributed by atoms with E-state index in [-0.39, 0.29) is 5.91 Å². The normalized spacial score (nSPS) is 26.5. The average molecular weight is 230 g/mol. The number of nitrogens with two attached hydrogens (primary N) is 1. The fraction of sp³-hybridized carbons (Fsp3) is 0.500. The topological polar surface area (TPSA) is 46.3 Å². The van der Waals surface area contributed by atoms with Crippen molar-refractivity contribution in [2.24, 2.45) is 5.92 Å². The Morgan fingerprint density at radius 1 is 1.41 bits per heavy atom. The molecule has 1 saturated heterocycles. The number of piperidine rings is 1. The highest BCUT2D eigenvalue weighted by atomic mass is 16.2. The number of benzene rings is 1. The lowest BCUT2D eigenvalue weighted by Crippen LogP contribution is -2.38. The van der Waals surface area contributed by atoms with E-state index in [1.807, 2.05) is 30.0 Å². The molecule has 1 aliphatic carbocycles. The van der Waals surface area contributed by atoms with Gasteiger partial charge in [0, 0.05) is 18.3 Å². The summed E-state index contributed by atoms with van der Waals surface area (Å²) in [6.45, 7) is 2.88. The molecule has 0 spiro atoms. The number of hydrogen-bond acceptors (Lipinski definition) is 2. The summed E-state index contributed by atoms with van der Waals surface area (Å²) in [6, 6.07) is 6.14. The Kier molecular flexibility index (Phi) is 2.35. The molecule has 1 aromatic rings. The molecule has 1 aromatic carbocycles. The summed E-state index contributed by atoms with van der Waals surface area (Å²) in [5.74, 6) is 0.863. The number of amides is 1. The number of anilines is 1. The van der Waals surface area contributed by atoms with Crippen LogP contribution in [0.4, 0.5) is 5.69 Å². The van der Waals surface area contributed by atoms with Crippen LogP contribution in [-0.2, 0) is 0 Å². The number of fused-ring (bicyclic) bond motifs is 2. The molecular formula is C14H18N2O. The fourth-order valence-corrected chi connectivity index (χ4v) is 3.30. The van der Waals surface area contributed by atoms with Gasteiger partial charge in [0.15, 0.2) is 0 Å². The molecule has 2 aliphatic rings. The highest BCUT2D eigenvalue weighted by Crippen LogP contribution is 2.38. The standard InChI is InChI=1S/C14H18N2O/c1-9-3-2-4-12(15)13(9)14(17)16-8-10-5-6-11(16)7-10/h2-4,10-11H,5-8,15H2,1H3. The van der Waals surface area contributed by atoms with Gasteiger partial charge in [-0.25, -0.2) is 0 Å². The summed E-state index contributed by atoms with van der Waals surface area (Å²) in [7, 11) is 0. The number of nitrogens with zero attached hydrogens (tertiary/aromatic N) is 1. The third-order valence-corrected chi connectivity index (χ3v) is 4.19. The van der Waals surface area contributed by atoms with Crippen LogP contribution in [0.15, 0.2) is 18.2 Å². The van der Waals surface area contributed by atoms with E-state index in [9.17, 15) is 4.79 Å². The Bertz CT molecular complexity index is 449. The van der Waals surface area contributed by atoms with Gasteiger partial charge in [0.2, 0.25) is 0 Å². The zero-order valence-corrected chi connectivity index (χ0v) is 10.1. The minimum absolute atomic E-state index is 0.132. The fourth-order valence-electron chi connectivity index (χ4n) is 3.30. The maximum absolute atomic E-state index is 12.5. The number of rotatable bonds is 1. The lowest BCUT2D eigenvalue weighted by molar-refractivity contribution is 0.0704. The maximum atomic E-state index is 12.5. The van der Waals surface area contributed by atoms with Gasteiger partial charge in [-0.1, -0.05) is 12.1 Å².